The summed E-state index contributed by atoms with van der Waals surface area (Å²) >= 11 is 11.5. The molecule has 0 heterocycles. The number of hydrogen-bond donors (Lipinski definition) is 1. The molecule has 0 aliphatic heterocycles. The number of hydrogen-bond acceptors (Lipinski definition) is 1. The third-order valence-electron chi connectivity index (χ3n) is 2.63. The summed E-state index contributed by atoms with van der Waals surface area (Å²) in [6.45, 7) is 4.30. The van der Waals surface area contributed by atoms with Crippen molar-refractivity contribution in [2.45, 2.75) is 45.6 Å². The summed E-state index contributed by atoms with van der Waals surface area (Å²) in [4.78, 5) is 0. The van der Waals surface area contributed by atoms with Crippen LogP contribution < -0.4 is 5.32 Å². The van der Waals surface area contributed by atoms with E-state index in [1.165, 1.54) is 0 Å². The molecule has 0 fully saturated rings. The summed E-state index contributed by atoms with van der Waals surface area (Å²) in [6, 6.07) is 3.56. The Labute approximate surface area is 112 Å². The fourth-order valence-electron chi connectivity index (χ4n) is 1.86. The van der Waals surface area contributed by atoms with Gasteiger partial charge < -0.3 is 5.32 Å². The van der Waals surface area contributed by atoms with Crippen LogP contribution in [0.3, 0.4) is 0 Å². The Hall–Kier alpha value is -0.470. The number of rotatable bonds is 6. The molecule has 96 valence electrons. The van der Waals surface area contributed by atoms with Crippen LogP contribution in [0.25, 0.3) is 0 Å². The minimum atomic E-state index is -0.554. The van der Waals surface area contributed by atoms with Crippen molar-refractivity contribution >= 4 is 28.9 Å². The van der Waals surface area contributed by atoms with Gasteiger partial charge in [0, 0.05) is 11.7 Å². The molecule has 17 heavy (non-hydrogen) atoms. The zero-order valence-corrected chi connectivity index (χ0v) is 11.7. The third kappa shape index (κ3) is 4.36. The molecular formula is C13H18Cl2FN. The second-order valence-electron chi connectivity index (χ2n) is 4.17. The highest BCUT2D eigenvalue weighted by Gasteiger charge is 2.11. The van der Waals surface area contributed by atoms with Crippen molar-refractivity contribution in [2.24, 2.45) is 0 Å². The normalized spacial score (nSPS) is 10.9. The standard InChI is InChI=1S/C13H18Cl2FN/c1-3-5-9(6-4-2)17-10-7-11(14)13(16)12(15)8-10/h7-9,17H,3-6H2,1-2H3. The monoisotopic (exact) mass is 277 g/mol. The minimum Gasteiger partial charge on any atom is -0.382 e. The Kier molecular flexibility index (Phi) is 6.07. The van der Waals surface area contributed by atoms with Crippen molar-refractivity contribution in [2.75, 3.05) is 5.32 Å². The van der Waals surface area contributed by atoms with Gasteiger partial charge in [0.1, 0.15) is 0 Å². The maximum absolute atomic E-state index is 13.3. The van der Waals surface area contributed by atoms with Gasteiger partial charge in [-0.1, -0.05) is 49.9 Å². The predicted octanol–water partition coefficient (Wildman–Crippen LogP) is 5.51. The van der Waals surface area contributed by atoms with Gasteiger partial charge in [0.25, 0.3) is 0 Å². The first-order valence-electron chi connectivity index (χ1n) is 5.99. The van der Waals surface area contributed by atoms with Gasteiger partial charge in [0.2, 0.25) is 0 Å². The van der Waals surface area contributed by atoms with Crippen LogP contribution in [0.2, 0.25) is 10.0 Å². The molecule has 0 aliphatic carbocycles. The van der Waals surface area contributed by atoms with Crippen molar-refractivity contribution in [3.63, 3.8) is 0 Å². The van der Waals surface area contributed by atoms with E-state index in [2.05, 4.69) is 19.2 Å². The van der Waals surface area contributed by atoms with Gasteiger partial charge in [-0.2, -0.15) is 0 Å². The van der Waals surface area contributed by atoms with E-state index in [-0.39, 0.29) is 10.0 Å². The Balaban J connectivity index is 2.78. The van der Waals surface area contributed by atoms with Crippen LogP contribution in [-0.2, 0) is 0 Å². The molecule has 0 saturated heterocycles. The van der Waals surface area contributed by atoms with Crippen LogP contribution in [0.15, 0.2) is 12.1 Å². The molecule has 0 bridgehead atoms. The Morgan fingerprint density at radius 3 is 2.00 bits per heavy atom. The maximum atomic E-state index is 13.3. The highest BCUT2D eigenvalue weighted by atomic mass is 35.5. The maximum Gasteiger partial charge on any atom is 0.160 e. The largest absolute Gasteiger partial charge is 0.382 e. The highest BCUT2D eigenvalue weighted by molar-refractivity contribution is 6.35. The summed E-state index contributed by atoms with van der Waals surface area (Å²) < 4.78 is 13.3. The van der Waals surface area contributed by atoms with Crippen molar-refractivity contribution in [3.05, 3.63) is 28.0 Å². The van der Waals surface area contributed by atoms with Gasteiger partial charge in [0.05, 0.1) is 10.0 Å². The van der Waals surface area contributed by atoms with E-state index < -0.39 is 5.82 Å². The van der Waals surface area contributed by atoms with Crippen molar-refractivity contribution in [1.82, 2.24) is 0 Å². The van der Waals surface area contributed by atoms with E-state index in [1.54, 1.807) is 12.1 Å². The molecule has 1 nitrogen and oxygen atoms in total. The first kappa shape index (κ1) is 14.6. The number of nitrogens with one attached hydrogen (secondary N) is 1. The van der Waals surface area contributed by atoms with Crippen LogP contribution in [0.1, 0.15) is 39.5 Å². The SMILES string of the molecule is CCCC(CCC)Nc1cc(Cl)c(F)c(Cl)c1. The second-order valence-corrected chi connectivity index (χ2v) is 4.99. The molecule has 0 aliphatic rings. The first-order chi connectivity index (χ1) is 8.08. The summed E-state index contributed by atoms with van der Waals surface area (Å²) in [7, 11) is 0. The lowest BCUT2D eigenvalue weighted by molar-refractivity contribution is 0.585. The molecule has 0 unspecified atom stereocenters. The molecule has 0 atom stereocenters. The van der Waals surface area contributed by atoms with E-state index in [9.17, 15) is 4.39 Å². The van der Waals surface area contributed by atoms with Crippen LogP contribution in [0.4, 0.5) is 10.1 Å². The molecule has 1 rings (SSSR count). The molecule has 1 aromatic carbocycles. The zero-order chi connectivity index (χ0) is 12.8. The number of benzene rings is 1. The van der Waals surface area contributed by atoms with Gasteiger partial charge in [-0.15, -0.1) is 0 Å². The van der Waals surface area contributed by atoms with E-state index in [0.29, 0.717) is 6.04 Å². The fraction of sp³-hybridized carbons (Fsp3) is 0.538. The summed E-state index contributed by atoms with van der Waals surface area (Å²) in [5.41, 5.74) is 0.785. The van der Waals surface area contributed by atoms with Crippen LogP contribution in [0.5, 0.6) is 0 Å². The number of halogens is 3. The molecule has 4 heteroatoms. The lowest BCUT2D eigenvalue weighted by Crippen LogP contribution is -2.18. The number of anilines is 1. The van der Waals surface area contributed by atoms with Crippen molar-refractivity contribution in [3.8, 4) is 0 Å². The molecule has 1 aromatic rings. The molecule has 0 radical (unpaired) electrons. The highest BCUT2D eigenvalue weighted by Crippen LogP contribution is 2.28. The molecule has 0 amide bonds. The molecule has 0 aromatic heterocycles. The lowest BCUT2D eigenvalue weighted by Gasteiger charge is -2.19. The fourth-order valence-corrected chi connectivity index (χ4v) is 2.35. The lowest BCUT2D eigenvalue weighted by atomic mass is 10.1. The summed E-state index contributed by atoms with van der Waals surface area (Å²) in [5, 5.41) is 3.48. The second kappa shape index (κ2) is 7.07. The Morgan fingerprint density at radius 2 is 1.59 bits per heavy atom. The zero-order valence-electron chi connectivity index (χ0n) is 10.2. The summed E-state index contributed by atoms with van der Waals surface area (Å²) in [6.07, 6.45) is 4.39. The van der Waals surface area contributed by atoms with Crippen LogP contribution in [-0.4, -0.2) is 6.04 Å². The van der Waals surface area contributed by atoms with Gasteiger partial charge in [-0.05, 0) is 25.0 Å². The third-order valence-corrected chi connectivity index (χ3v) is 3.18. The van der Waals surface area contributed by atoms with E-state index in [4.69, 9.17) is 23.2 Å². The van der Waals surface area contributed by atoms with E-state index in [1.807, 2.05) is 0 Å². The quantitative estimate of drug-likeness (QED) is 0.676. The van der Waals surface area contributed by atoms with E-state index in [0.717, 1.165) is 31.4 Å². The Bertz CT molecular complexity index is 339. The topological polar surface area (TPSA) is 12.0 Å². The predicted molar refractivity (Wildman–Crippen MR) is 73.6 cm³/mol. The molecule has 1 N–H and O–H groups in total. The van der Waals surface area contributed by atoms with Gasteiger partial charge in [0.15, 0.2) is 5.82 Å². The average Bonchev–Trinajstić information content (AvgIpc) is 2.26. The van der Waals surface area contributed by atoms with Gasteiger partial charge >= 0.3 is 0 Å². The smallest absolute Gasteiger partial charge is 0.160 e. The minimum absolute atomic E-state index is 0.0618. The Morgan fingerprint density at radius 1 is 1.12 bits per heavy atom. The van der Waals surface area contributed by atoms with Crippen molar-refractivity contribution in [1.29, 1.82) is 0 Å². The van der Waals surface area contributed by atoms with Crippen LogP contribution in [0, 0.1) is 5.82 Å². The molecule has 0 saturated carbocycles. The first-order valence-corrected chi connectivity index (χ1v) is 6.75. The van der Waals surface area contributed by atoms with Crippen molar-refractivity contribution < 1.29 is 4.39 Å². The average molecular weight is 278 g/mol. The van der Waals surface area contributed by atoms with Crippen LogP contribution >= 0.6 is 23.2 Å². The van der Waals surface area contributed by atoms with Gasteiger partial charge in [-0.3, -0.25) is 0 Å². The molecular weight excluding hydrogens is 260 g/mol. The molecule has 0 spiro atoms. The summed E-state index contributed by atoms with van der Waals surface area (Å²) in [5.74, 6) is -0.554. The van der Waals surface area contributed by atoms with Gasteiger partial charge in [-0.25, -0.2) is 4.39 Å². The van der Waals surface area contributed by atoms with E-state index >= 15 is 0 Å².